The number of hydrogen-bond donors (Lipinski definition) is 2. The number of halogens is 1. The molecule has 5 nitrogen and oxygen atoms in total. The summed E-state index contributed by atoms with van der Waals surface area (Å²) < 4.78 is 27.4. The molecule has 0 radical (unpaired) electrons. The van der Waals surface area contributed by atoms with E-state index in [9.17, 15) is 13.2 Å². The maximum absolute atomic E-state index is 12.1. The molecule has 0 saturated heterocycles. The van der Waals surface area contributed by atoms with E-state index in [0.717, 1.165) is 4.47 Å². The van der Waals surface area contributed by atoms with Crippen LogP contribution in [0, 0.1) is 0 Å². The Hall–Kier alpha value is -0.920. The largest absolute Gasteiger partial charge is 0.350 e. The minimum atomic E-state index is -3.71. The topological polar surface area (TPSA) is 75.3 Å². The van der Waals surface area contributed by atoms with Crippen molar-refractivity contribution in [1.29, 1.82) is 0 Å². The molecule has 0 heterocycles. The van der Waals surface area contributed by atoms with Crippen LogP contribution in [-0.2, 0) is 14.8 Å². The summed E-state index contributed by atoms with van der Waals surface area (Å²) in [5.74, 6) is -0.363. The molecule has 0 aliphatic carbocycles. The van der Waals surface area contributed by atoms with Crippen molar-refractivity contribution in [3.05, 3.63) is 28.7 Å². The average Bonchev–Trinajstić information content (AvgIpc) is 2.26. The van der Waals surface area contributed by atoms with Crippen LogP contribution in [0.1, 0.15) is 27.7 Å². The molecule has 0 unspecified atom stereocenters. The summed E-state index contributed by atoms with van der Waals surface area (Å²) in [6, 6.07) is 5.37. The lowest BCUT2D eigenvalue weighted by molar-refractivity contribution is -0.123. The van der Waals surface area contributed by atoms with Crippen LogP contribution in [0.3, 0.4) is 0 Å². The predicted octanol–water partition coefficient (Wildman–Crippen LogP) is 2.03. The predicted molar refractivity (Wildman–Crippen MR) is 81.8 cm³/mol. The summed E-state index contributed by atoms with van der Waals surface area (Å²) in [4.78, 5) is 12.0. The first kappa shape index (κ1) is 17.1. The highest BCUT2D eigenvalue weighted by Gasteiger charge is 2.24. The summed E-state index contributed by atoms with van der Waals surface area (Å²) in [5, 5.41) is 2.73. The van der Waals surface area contributed by atoms with Crippen LogP contribution in [0.25, 0.3) is 0 Å². The van der Waals surface area contributed by atoms with Crippen molar-refractivity contribution in [2.75, 3.05) is 0 Å². The number of sulfonamides is 1. The maximum Gasteiger partial charge on any atom is 0.241 e. The second kappa shape index (κ2) is 6.24. The first-order valence-corrected chi connectivity index (χ1v) is 8.39. The Morgan fingerprint density at radius 3 is 2.15 bits per heavy atom. The van der Waals surface area contributed by atoms with E-state index in [1.165, 1.54) is 19.1 Å². The molecule has 7 heteroatoms. The van der Waals surface area contributed by atoms with Crippen LogP contribution >= 0.6 is 15.9 Å². The molecule has 0 aliphatic heterocycles. The fraction of sp³-hybridized carbons (Fsp3) is 0.462. The number of rotatable bonds is 4. The highest BCUT2D eigenvalue weighted by molar-refractivity contribution is 9.10. The van der Waals surface area contributed by atoms with Gasteiger partial charge in [0.25, 0.3) is 0 Å². The zero-order valence-corrected chi connectivity index (χ0v) is 14.3. The molecule has 1 aromatic rings. The van der Waals surface area contributed by atoms with Crippen molar-refractivity contribution < 1.29 is 13.2 Å². The second-order valence-electron chi connectivity index (χ2n) is 5.54. The van der Waals surface area contributed by atoms with E-state index in [4.69, 9.17) is 0 Å². The summed E-state index contributed by atoms with van der Waals surface area (Å²) in [6.07, 6.45) is 0. The first-order valence-electron chi connectivity index (χ1n) is 6.11. The minimum Gasteiger partial charge on any atom is -0.350 e. The van der Waals surface area contributed by atoms with Gasteiger partial charge in [0.05, 0.1) is 10.9 Å². The van der Waals surface area contributed by atoms with E-state index < -0.39 is 21.6 Å². The van der Waals surface area contributed by atoms with Gasteiger partial charge in [-0.3, -0.25) is 4.79 Å². The molecule has 1 atom stereocenters. The number of benzene rings is 1. The second-order valence-corrected chi connectivity index (χ2v) is 8.17. The van der Waals surface area contributed by atoms with Crippen LogP contribution in [0.2, 0.25) is 0 Å². The van der Waals surface area contributed by atoms with Crippen LogP contribution < -0.4 is 10.0 Å². The fourth-order valence-corrected chi connectivity index (χ4v) is 2.91. The highest BCUT2D eigenvalue weighted by Crippen LogP contribution is 2.14. The van der Waals surface area contributed by atoms with E-state index in [-0.39, 0.29) is 10.8 Å². The van der Waals surface area contributed by atoms with E-state index >= 15 is 0 Å². The number of hydrogen-bond acceptors (Lipinski definition) is 3. The molecule has 0 aliphatic rings. The third-order valence-electron chi connectivity index (χ3n) is 2.35. The maximum atomic E-state index is 12.1. The third-order valence-corrected chi connectivity index (χ3v) is 4.43. The van der Waals surface area contributed by atoms with Gasteiger partial charge in [-0.1, -0.05) is 15.9 Å². The van der Waals surface area contributed by atoms with Gasteiger partial charge in [0.1, 0.15) is 0 Å². The summed E-state index contributed by atoms with van der Waals surface area (Å²) in [6.45, 7) is 7.01. The van der Waals surface area contributed by atoms with Gasteiger partial charge in [0.15, 0.2) is 0 Å². The van der Waals surface area contributed by atoms with Crippen molar-refractivity contribution in [2.45, 2.75) is 44.2 Å². The normalized spacial score (nSPS) is 13.8. The Morgan fingerprint density at radius 1 is 1.20 bits per heavy atom. The lowest BCUT2D eigenvalue weighted by Crippen LogP contribution is -2.50. The molecular formula is C13H19BrN2O3S. The Bertz CT molecular complexity index is 577. The molecule has 1 amide bonds. The highest BCUT2D eigenvalue weighted by atomic mass is 79.9. The molecule has 20 heavy (non-hydrogen) atoms. The average molecular weight is 363 g/mol. The van der Waals surface area contributed by atoms with Gasteiger partial charge in [-0.2, -0.15) is 4.72 Å². The van der Waals surface area contributed by atoms with Gasteiger partial charge >= 0.3 is 0 Å². The minimum absolute atomic E-state index is 0.121. The van der Waals surface area contributed by atoms with Crippen molar-refractivity contribution >= 4 is 31.9 Å². The standard InChI is InChI=1S/C13H19BrN2O3S/c1-9(12(17)15-13(2,3)4)16-20(18,19)11-7-5-10(14)6-8-11/h5-9,16H,1-4H3,(H,15,17)/t9-/m0/s1. The Kier molecular flexibility index (Phi) is 5.34. The number of amides is 1. The lowest BCUT2D eigenvalue weighted by Gasteiger charge is -2.23. The van der Waals surface area contributed by atoms with Crippen molar-refractivity contribution in [1.82, 2.24) is 10.0 Å². The molecule has 0 saturated carbocycles. The number of carbonyl (C=O) groups is 1. The SMILES string of the molecule is C[C@H](NS(=O)(=O)c1ccc(Br)cc1)C(=O)NC(C)(C)C. The van der Waals surface area contributed by atoms with Gasteiger partial charge in [-0.05, 0) is 52.0 Å². The molecule has 0 aromatic heterocycles. The van der Waals surface area contributed by atoms with E-state index in [0.29, 0.717) is 0 Å². The first-order chi connectivity index (χ1) is 9.01. The van der Waals surface area contributed by atoms with Crippen LogP contribution in [0.15, 0.2) is 33.6 Å². The summed E-state index contributed by atoms with van der Waals surface area (Å²) in [7, 11) is -3.71. The zero-order valence-electron chi connectivity index (χ0n) is 11.9. The van der Waals surface area contributed by atoms with Crippen LogP contribution in [0.5, 0.6) is 0 Å². The van der Waals surface area contributed by atoms with Crippen molar-refractivity contribution in [2.24, 2.45) is 0 Å². The summed E-state index contributed by atoms with van der Waals surface area (Å²) >= 11 is 3.24. The molecule has 0 bridgehead atoms. The molecule has 112 valence electrons. The molecule has 0 fully saturated rings. The molecule has 0 spiro atoms. The third kappa shape index (κ3) is 5.22. The quantitative estimate of drug-likeness (QED) is 0.860. The van der Waals surface area contributed by atoms with E-state index in [2.05, 4.69) is 26.0 Å². The van der Waals surface area contributed by atoms with E-state index in [1.54, 1.807) is 12.1 Å². The van der Waals surface area contributed by atoms with Crippen molar-refractivity contribution in [3.63, 3.8) is 0 Å². The molecule has 1 aromatic carbocycles. The number of carbonyl (C=O) groups excluding carboxylic acids is 1. The van der Waals surface area contributed by atoms with Gasteiger partial charge < -0.3 is 5.32 Å². The summed E-state index contributed by atoms with van der Waals surface area (Å²) in [5.41, 5.74) is -0.408. The Morgan fingerprint density at radius 2 is 1.70 bits per heavy atom. The lowest BCUT2D eigenvalue weighted by atomic mass is 10.1. The van der Waals surface area contributed by atoms with Crippen LogP contribution in [0.4, 0.5) is 0 Å². The number of nitrogens with one attached hydrogen (secondary N) is 2. The van der Waals surface area contributed by atoms with Gasteiger partial charge in [-0.25, -0.2) is 8.42 Å². The molecule has 1 rings (SSSR count). The molecule has 2 N–H and O–H groups in total. The Labute approximate surface area is 128 Å². The smallest absolute Gasteiger partial charge is 0.241 e. The Balaban J connectivity index is 2.81. The van der Waals surface area contributed by atoms with Gasteiger partial charge in [0.2, 0.25) is 15.9 Å². The van der Waals surface area contributed by atoms with Gasteiger partial charge in [-0.15, -0.1) is 0 Å². The monoisotopic (exact) mass is 362 g/mol. The van der Waals surface area contributed by atoms with Crippen molar-refractivity contribution in [3.8, 4) is 0 Å². The molecular weight excluding hydrogens is 344 g/mol. The van der Waals surface area contributed by atoms with Crippen LogP contribution in [-0.4, -0.2) is 25.9 Å². The fourth-order valence-electron chi connectivity index (χ4n) is 1.45. The van der Waals surface area contributed by atoms with E-state index in [1.807, 2.05) is 20.8 Å². The van der Waals surface area contributed by atoms with Gasteiger partial charge in [0, 0.05) is 10.0 Å². The zero-order chi connectivity index (χ0) is 15.6.